The summed E-state index contributed by atoms with van der Waals surface area (Å²) in [6, 6.07) is 23.5. The molecule has 7 heteroatoms. The molecular formula is C23H21N5OS. The Bertz CT molecular complexity index is 1130. The van der Waals surface area contributed by atoms with Crippen LogP contribution < -0.4 is 5.32 Å². The van der Waals surface area contributed by atoms with Crippen LogP contribution in [0.15, 0.2) is 84.1 Å². The molecule has 0 aliphatic heterocycles. The second kappa shape index (κ2) is 9.37. The van der Waals surface area contributed by atoms with Gasteiger partial charge in [0.05, 0.1) is 12.3 Å². The van der Waals surface area contributed by atoms with Crippen molar-refractivity contribution in [2.24, 2.45) is 0 Å². The van der Waals surface area contributed by atoms with Gasteiger partial charge in [-0.3, -0.25) is 14.3 Å². The standard InChI is InChI=1S/C23H21N5OS/c1-17-8-7-11-19(14-17)25-21(29)16-30-23-27-26-22(20-12-5-6-13-24-20)28(23)15-18-9-3-2-4-10-18/h2-14H,15-16H2,1H3,(H,25,29). The molecule has 4 aromatic rings. The van der Waals surface area contributed by atoms with E-state index in [-0.39, 0.29) is 11.7 Å². The Morgan fingerprint density at radius 3 is 2.60 bits per heavy atom. The predicted molar refractivity (Wildman–Crippen MR) is 119 cm³/mol. The number of hydrogen-bond donors (Lipinski definition) is 1. The minimum Gasteiger partial charge on any atom is -0.325 e. The van der Waals surface area contributed by atoms with Crippen molar-refractivity contribution in [2.45, 2.75) is 18.6 Å². The Hall–Kier alpha value is -3.45. The van der Waals surface area contributed by atoms with Gasteiger partial charge >= 0.3 is 0 Å². The van der Waals surface area contributed by atoms with Crippen LogP contribution in [0.4, 0.5) is 5.69 Å². The number of aryl methyl sites for hydroxylation is 1. The van der Waals surface area contributed by atoms with E-state index in [1.54, 1.807) is 6.20 Å². The quantitative estimate of drug-likeness (QED) is 0.452. The minimum atomic E-state index is -0.0840. The molecule has 30 heavy (non-hydrogen) atoms. The first-order chi connectivity index (χ1) is 14.7. The molecule has 150 valence electrons. The molecule has 0 bridgehead atoms. The summed E-state index contributed by atoms with van der Waals surface area (Å²) in [6.45, 7) is 2.59. The van der Waals surface area contributed by atoms with Crippen LogP contribution in [0.2, 0.25) is 0 Å². The summed E-state index contributed by atoms with van der Waals surface area (Å²) in [6.07, 6.45) is 1.74. The van der Waals surface area contributed by atoms with E-state index in [4.69, 9.17) is 0 Å². The van der Waals surface area contributed by atoms with Gasteiger partial charge < -0.3 is 5.32 Å². The lowest BCUT2D eigenvalue weighted by molar-refractivity contribution is -0.113. The van der Waals surface area contributed by atoms with Gasteiger partial charge in [0, 0.05) is 11.9 Å². The Morgan fingerprint density at radius 2 is 1.83 bits per heavy atom. The summed E-state index contributed by atoms with van der Waals surface area (Å²) >= 11 is 1.36. The van der Waals surface area contributed by atoms with Gasteiger partial charge in [-0.05, 0) is 42.3 Å². The number of aromatic nitrogens is 4. The molecule has 2 heterocycles. The number of nitrogens with one attached hydrogen (secondary N) is 1. The van der Waals surface area contributed by atoms with E-state index in [1.807, 2.05) is 72.2 Å². The summed E-state index contributed by atoms with van der Waals surface area (Å²) < 4.78 is 2.00. The summed E-state index contributed by atoms with van der Waals surface area (Å²) in [5, 5.41) is 12.3. The SMILES string of the molecule is Cc1cccc(NC(=O)CSc2nnc(-c3ccccn3)n2Cc2ccccc2)c1. The van der Waals surface area contributed by atoms with E-state index in [0.29, 0.717) is 17.5 Å². The van der Waals surface area contributed by atoms with Gasteiger partial charge in [-0.15, -0.1) is 10.2 Å². The van der Waals surface area contributed by atoms with E-state index in [2.05, 4.69) is 32.6 Å². The van der Waals surface area contributed by atoms with Crippen LogP contribution in [0.3, 0.4) is 0 Å². The third kappa shape index (κ3) is 4.93. The molecule has 0 aliphatic rings. The van der Waals surface area contributed by atoms with Crippen molar-refractivity contribution in [3.63, 3.8) is 0 Å². The number of anilines is 1. The molecule has 1 amide bonds. The van der Waals surface area contributed by atoms with Crippen LogP contribution in [-0.2, 0) is 11.3 Å². The van der Waals surface area contributed by atoms with Crippen LogP contribution in [-0.4, -0.2) is 31.4 Å². The monoisotopic (exact) mass is 415 g/mol. The maximum Gasteiger partial charge on any atom is 0.234 e. The van der Waals surface area contributed by atoms with Gasteiger partial charge in [0.25, 0.3) is 0 Å². The number of pyridine rings is 1. The average Bonchev–Trinajstić information content (AvgIpc) is 3.16. The van der Waals surface area contributed by atoms with Crippen molar-refractivity contribution in [3.8, 4) is 11.5 Å². The Balaban J connectivity index is 1.53. The van der Waals surface area contributed by atoms with Crippen LogP contribution in [0.25, 0.3) is 11.5 Å². The number of benzene rings is 2. The topological polar surface area (TPSA) is 72.7 Å². The second-order valence-electron chi connectivity index (χ2n) is 6.80. The lowest BCUT2D eigenvalue weighted by atomic mass is 10.2. The van der Waals surface area contributed by atoms with E-state index in [0.717, 1.165) is 22.5 Å². The molecule has 0 spiro atoms. The molecule has 2 aromatic heterocycles. The molecule has 0 atom stereocenters. The van der Waals surface area contributed by atoms with Gasteiger partial charge in [0.2, 0.25) is 5.91 Å². The zero-order valence-electron chi connectivity index (χ0n) is 16.5. The minimum absolute atomic E-state index is 0.0840. The fourth-order valence-electron chi connectivity index (χ4n) is 3.04. The molecule has 0 radical (unpaired) electrons. The molecular weight excluding hydrogens is 394 g/mol. The highest BCUT2D eigenvalue weighted by Gasteiger charge is 2.17. The molecule has 0 saturated carbocycles. The zero-order chi connectivity index (χ0) is 20.8. The molecule has 0 fully saturated rings. The fraction of sp³-hybridized carbons (Fsp3) is 0.130. The zero-order valence-corrected chi connectivity index (χ0v) is 17.3. The van der Waals surface area contributed by atoms with Crippen molar-refractivity contribution < 1.29 is 4.79 Å². The van der Waals surface area contributed by atoms with Gasteiger partial charge in [0.1, 0.15) is 5.69 Å². The van der Waals surface area contributed by atoms with Crippen molar-refractivity contribution in [3.05, 3.63) is 90.1 Å². The lowest BCUT2D eigenvalue weighted by Crippen LogP contribution is -2.15. The first kappa shape index (κ1) is 19.8. The number of rotatable bonds is 7. The van der Waals surface area contributed by atoms with Crippen LogP contribution in [0, 0.1) is 6.92 Å². The normalized spacial score (nSPS) is 10.7. The van der Waals surface area contributed by atoms with E-state index in [9.17, 15) is 4.79 Å². The first-order valence-electron chi connectivity index (χ1n) is 9.57. The van der Waals surface area contributed by atoms with Crippen molar-refractivity contribution >= 4 is 23.4 Å². The van der Waals surface area contributed by atoms with Gasteiger partial charge in [-0.25, -0.2) is 0 Å². The molecule has 0 aliphatic carbocycles. The maximum atomic E-state index is 12.4. The highest BCUT2D eigenvalue weighted by molar-refractivity contribution is 7.99. The summed E-state index contributed by atoms with van der Waals surface area (Å²) in [5.74, 6) is 0.837. The van der Waals surface area contributed by atoms with Crippen molar-refractivity contribution in [1.82, 2.24) is 19.7 Å². The molecule has 4 rings (SSSR count). The average molecular weight is 416 g/mol. The van der Waals surface area contributed by atoms with Crippen molar-refractivity contribution in [2.75, 3.05) is 11.1 Å². The number of hydrogen-bond acceptors (Lipinski definition) is 5. The highest BCUT2D eigenvalue weighted by atomic mass is 32.2. The van der Waals surface area contributed by atoms with Gasteiger partial charge in [-0.2, -0.15) is 0 Å². The number of carbonyl (C=O) groups excluding carboxylic acids is 1. The van der Waals surface area contributed by atoms with Crippen molar-refractivity contribution in [1.29, 1.82) is 0 Å². The molecule has 1 N–H and O–H groups in total. The summed E-state index contributed by atoms with van der Waals surface area (Å²) in [4.78, 5) is 16.9. The number of carbonyl (C=O) groups is 1. The van der Waals surface area contributed by atoms with Crippen LogP contribution in [0.1, 0.15) is 11.1 Å². The summed E-state index contributed by atoms with van der Waals surface area (Å²) in [7, 11) is 0. The third-order valence-corrected chi connectivity index (χ3v) is 5.40. The lowest BCUT2D eigenvalue weighted by Gasteiger charge is -2.10. The molecule has 0 unspecified atom stereocenters. The maximum absolute atomic E-state index is 12.4. The Kier molecular flexibility index (Phi) is 6.20. The van der Waals surface area contributed by atoms with E-state index >= 15 is 0 Å². The smallest absolute Gasteiger partial charge is 0.234 e. The number of nitrogens with zero attached hydrogens (tertiary/aromatic N) is 4. The molecule has 2 aromatic carbocycles. The molecule has 0 saturated heterocycles. The molecule has 6 nitrogen and oxygen atoms in total. The van der Waals surface area contributed by atoms with Crippen LogP contribution in [0.5, 0.6) is 0 Å². The summed E-state index contributed by atoms with van der Waals surface area (Å²) in [5.41, 5.74) is 3.76. The second-order valence-corrected chi connectivity index (χ2v) is 7.74. The number of thioether (sulfide) groups is 1. The first-order valence-corrected chi connectivity index (χ1v) is 10.6. The van der Waals surface area contributed by atoms with Gasteiger partial charge in [-0.1, -0.05) is 60.3 Å². The fourth-order valence-corrected chi connectivity index (χ4v) is 3.78. The number of amides is 1. The van der Waals surface area contributed by atoms with E-state index < -0.39 is 0 Å². The third-order valence-electron chi connectivity index (χ3n) is 4.43. The predicted octanol–water partition coefficient (Wildman–Crippen LogP) is 4.43. The Labute approximate surface area is 179 Å². The van der Waals surface area contributed by atoms with Gasteiger partial charge in [0.15, 0.2) is 11.0 Å². The highest BCUT2D eigenvalue weighted by Crippen LogP contribution is 2.24. The Morgan fingerprint density at radius 1 is 1.00 bits per heavy atom. The van der Waals surface area contributed by atoms with E-state index in [1.165, 1.54) is 11.8 Å². The largest absolute Gasteiger partial charge is 0.325 e. The van der Waals surface area contributed by atoms with Crippen LogP contribution >= 0.6 is 11.8 Å².